The van der Waals surface area contributed by atoms with Gasteiger partial charge in [-0.15, -0.1) is 0 Å². The molecule has 0 aliphatic rings. The lowest BCUT2D eigenvalue weighted by atomic mass is 10.2. The first-order valence-electron chi connectivity index (χ1n) is 3.11. The Morgan fingerprint density at radius 3 is 2.64 bits per heavy atom. The third kappa shape index (κ3) is 2.42. The molecular weight excluding hydrogens is 272 g/mol. The Kier molecular flexibility index (Phi) is 3.27. The molecule has 0 spiro atoms. The second kappa shape index (κ2) is 4.02. The summed E-state index contributed by atoms with van der Waals surface area (Å²) in [4.78, 5) is 10.2. The van der Waals surface area contributed by atoms with E-state index in [-0.39, 0.29) is 0 Å². The Balaban J connectivity index is 2.98. The van der Waals surface area contributed by atoms with Crippen LogP contribution in [0, 0.1) is 0 Å². The second-order valence-corrected chi connectivity index (χ2v) is 3.88. The van der Waals surface area contributed by atoms with E-state index in [4.69, 9.17) is 0 Å². The second-order valence-electron chi connectivity index (χ2n) is 2.11. The van der Waals surface area contributed by atoms with E-state index in [0.29, 0.717) is 6.42 Å². The molecule has 0 atom stereocenters. The zero-order valence-corrected chi connectivity index (χ0v) is 8.85. The van der Waals surface area contributed by atoms with Gasteiger partial charge in [0.25, 0.3) is 0 Å². The number of halogens is 2. The minimum Gasteiger partial charge on any atom is -0.303 e. The van der Waals surface area contributed by atoms with E-state index >= 15 is 0 Å². The highest BCUT2D eigenvalue weighted by atomic mass is 79.9. The van der Waals surface area contributed by atoms with Crippen LogP contribution in [-0.2, 0) is 11.2 Å². The van der Waals surface area contributed by atoms with E-state index in [2.05, 4.69) is 31.9 Å². The van der Waals surface area contributed by atoms with Gasteiger partial charge < -0.3 is 4.79 Å². The summed E-state index contributed by atoms with van der Waals surface area (Å²) in [6.45, 7) is 0. The fraction of sp³-hybridized carbons (Fsp3) is 0.125. The number of carbonyl (C=O) groups is 1. The number of carbonyl (C=O) groups excluding carboxylic acids is 1. The Morgan fingerprint density at radius 2 is 2.09 bits per heavy atom. The molecule has 0 radical (unpaired) electrons. The van der Waals surface area contributed by atoms with Gasteiger partial charge in [0.2, 0.25) is 0 Å². The van der Waals surface area contributed by atoms with E-state index in [1.807, 2.05) is 18.2 Å². The summed E-state index contributed by atoms with van der Waals surface area (Å²) in [5.41, 5.74) is 1.02. The monoisotopic (exact) mass is 276 g/mol. The normalized spacial score (nSPS) is 9.64. The molecule has 3 heteroatoms. The topological polar surface area (TPSA) is 17.1 Å². The van der Waals surface area contributed by atoms with E-state index < -0.39 is 0 Å². The minimum atomic E-state index is 0.466. The maximum Gasteiger partial charge on any atom is 0.124 e. The molecule has 1 aromatic rings. The predicted octanol–water partition coefficient (Wildman–Crippen LogP) is 2.95. The molecule has 0 heterocycles. The lowest BCUT2D eigenvalue weighted by molar-refractivity contribution is -0.107. The Morgan fingerprint density at radius 1 is 1.36 bits per heavy atom. The van der Waals surface area contributed by atoms with Crippen LogP contribution < -0.4 is 0 Å². The maximum atomic E-state index is 10.2. The Hall–Kier alpha value is -0.150. The molecule has 1 nitrogen and oxygen atoms in total. The van der Waals surface area contributed by atoms with E-state index in [1.54, 1.807) is 0 Å². The van der Waals surface area contributed by atoms with Crippen LogP contribution >= 0.6 is 31.9 Å². The van der Waals surface area contributed by atoms with Gasteiger partial charge in [0.15, 0.2) is 0 Å². The number of aldehydes is 1. The van der Waals surface area contributed by atoms with Crippen molar-refractivity contribution in [3.8, 4) is 0 Å². The highest BCUT2D eigenvalue weighted by molar-refractivity contribution is 9.11. The minimum absolute atomic E-state index is 0.466. The van der Waals surface area contributed by atoms with Crippen LogP contribution in [0.2, 0.25) is 0 Å². The predicted molar refractivity (Wildman–Crippen MR) is 51.6 cm³/mol. The van der Waals surface area contributed by atoms with Crippen molar-refractivity contribution in [3.05, 3.63) is 32.7 Å². The summed E-state index contributed by atoms with van der Waals surface area (Å²) in [5.74, 6) is 0. The average molecular weight is 278 g/mol. The molecule has 11 heavy (non-hydrogen) atoms. The van der Waals surface area contributed by atoms with E-state index in [9.17, 15) is 4.79 Å². The molecule has 0 bridgehead atoms. The highest BCUT2D eigenvalue weighted by Crippen LogP contribution is 2.21. The van der Waals surface area contributed by atoms with Gasteiger partial charge in [-0.25, -0.2) is 0 Å². The molecule has 0 aliphatic heterocycles. The molecule has 0 amide bonds. The summed E-state index contributed by atoms with van der Waals surface area (Å²) in [6, 6.07) is 5.77. The Labute approximate surface area is 82.1 Å². The smallest absolute Gasteiger partial charge is 0.124 e. The molecule has 0 saturated carbocycles. The van der Waals surface area contributed by atoms with Crippen LogP contribution in [0.4, 0.5) is 0 Å². The van der Waals surface area contributed by atoms with Crippen molar-refractivity contribution in [2.45, 2.75) is 6.42 Å². The standard InChI is InChI=1S/C8H6Br2O/c9-7-2-1-6(3-4-11)8(10)5-7/h1-2,4-5H,3H2. The number of rotatable bonds is 2. The first-order chi connectivity index (χ1) is 5.24. The van der Waals surface area contributed by atoms with E-state index in [0.717, 1.165) is 20.8 Å². The summed E-state index contributed by atoms with van der Waals surface area (Å²) in [7, 11) is 0. The third-order valence-electron chi connectivity index (χ3n) is 1.32. The quantitative estimate of drug-likeness (QED) is 0.760. The van der Waals surface area contributed by atoms with Gasteiger partial charge in [-0.1, -0.05) is 37.9 Å². The molecule has 1 rings (SSSR count). The van der Waals surface area contributed by atoms with E-state index in [1.165, 1.54) is 0 Å². The zero-order chi connectivity index (χ0) is 8.27. The number of benzene rings is 1. The van der Waals surface area contributed by atoms with Crippen LogP contribution in [0.3, 0.4) is 0 Å². The highest BCUT2D eigenvalue weighted by Gasteiger charge is 1.98. The van der Waals surface area contributed by atoms with Crippen molar-refractivity contribution >= 4 is 38.1 Å². The van der Waals surface area contributed by atoms with Gasteiger partial charge in [0, 0.05) is 15.4 Å². The van der Waals surface area contributed by atoms with Gasteiger partial charge in [0.1, 0.15) is 6.29 Å². The summed E-state index contributed by atoms with van der Waals surface area (Å²) in [5, 5.41) is 0. The van der Waals surface area contributed by atoms with Gasteiger partial charge >= 0.3 is 0 Å². The fourth-order valence-corrected chi connectivity index (χ4v) is 1.99. The van der Waals surface area contributed by atoms with Crippen molar-refractivity contribution in [2.75, 3.05) is 0 Å². The largest absolute Gasteiger partial charge is 0.303 e. The molecular formula is C8H6Br2O. The molecule has 0 saturated heterocycles. The van der Waals surface area contributed by atoms with Gasteiger partial charge in [0.05, 0.1) is 0 Å². The van der Waals surface area contributed by atoms with Gasteiger partial charge in [-0.05, 0) is 17.7 Å². The van der Waals surface area contributed by atoms with Crippen LogP contribution in [0.1, 0.15) is 5.56 Å². The SMILES string of the molecule is O=CCc1ccc(Br)cc1Br. The fourth-order valence-electron chi connectivity index (χ4n) is 0.777. The Bertz CT molecular complexity index is 271. The molecule has 0 aromatic heterocycles. The number of hydrogen-bond donors (Lipinski definition) is 0. The molecule has 0 N–H and O–H groups in total. The molecule has 58 valence electrons. The molecule has 0 unspecified atom stereocenters. The van der Waals surface area contributed by atoms with Gasteiger partial charge in [-0.3, -0.25) is 0 Å². The number of hydrogen-bond acceptors (Lipinski definition) is 1. The van der Waals surface area contributed by atoms with Crippen molar-refractivity contribution in [3.63, 3.8) is 0 Å². The summed E-state index contributed by atoms with van der Waals surface area (Å²) in [6.07, 6.45) is 1.36. The first kappa shape index (κ1) is 8.94. The van der Waals surface area contributed by atoms with Crippen LogP contribution in [0.25, 0.3) is 0 Å². The lowest BCUT2D eigenvalue weighted by Crippen LogP contribution is -1.86. The van der Waals surface area contributed by atoms with Crippen molar-refractivity contribution < 1.29 is 4.79 Å². The third-order valence-corrected chi connectivity index (χ3v) is 2.55. The molecule has 0 aliphatic carbocycles. The molecule has 0 fully saturated rings. The van der Waals surface area contributed by atoms with Crippen LogP contribution in [0.5, 0.6) is 0 Å². The maximum absolute atomic E-state index is 10.2. The van der Waals surface area contributed by atoms with Crippen LogP contribution in [0.15, 0.2) is 27.1 Å². The summed E-state index contributed by atoms with van der Waals surface area (Å²) >= 11 is 6.69. The van der Waals surface area contributed by atoms with Gasteiger partial charge in [-0.2, -0.15) is 0 Å². The van der Waals surface area contributed by atoms with Crippen molar-refractivity contribution in [1.29, 1.82) is 0 Å². The molecule has 1 aromatic carbocycles. The lowest BCUT2D eigenvalue weighted by Gasteiger charge is -1.99. The first-order valence-corrected chi connectivity index (χ1v) is 4.70. The summed E-state index contributed by atoms with van der Waals surface area (Å²) < 4.78 is 1.98. The van der Waals surface area contributed by atoms with Crippen molar-refractivity contribution in [1.82, 2.24) is 0 Å². The zero-order valence-electron chi connectivity index (χ0n) is 5.68. The van der Waals surface area contributed by atoms with Crippen LogP contribution in [-0.4, -0.2) is 6.29 Å². The van der Waals surface area contributed by atoms with Crippen molar-refractivity contribution in [2.24, 2.45) is 0 Å². The average Bonchev–Trinajstić information content (AvgIpc) is 1.95.